The van der Waals surface area contributed by atoms with Gasteiger partial charge in [-0.15, -0.1) is 5.10 Å². The topological polar surface area (TPSA) is 72.7 Å². The first-order valence-corrected chi connectivity index (χ1v) is 7.83. The minimum absolute atomic E-state index is 0.191. The summed E-state index contributed by atoms with van der Waals surface area (Å²) in [6, 6.07) is 8.12. The first-order chi connectivity index (χ1) is 11.9. The van der Waals surface area contributed by atoms with E-state index in [4.69, 9.17) is 0 Å². The molecule has 0 fully saturated rings. The minimum Gasteiger partial charge on any atom is -0.319 e. The molecule has 3 rings (SSSR count). The number of aromatic nitrogens is 4. The second kappa shape index (κ2) is 6.80. The van der Waals surface area contributed by atoms with Gasteiger partial charge in [0, 0.05) is 5.69 Å². The van der Waals surface area contributed by atoms with Crippen molar-refractivity contribution in [2.75, 3.05) is 5.32 Å². The predicted molar refractivity (Wildman–Crippen MR) is 91.9 cm³/mol. The molecular weight excluding hydrogens is 321 g/mol. The van der Waals surface area contributed by atoms with Gasteiger partial charge in [0.15, 0.2) is 5.69 Å². The highest BCUT2D eigenvalue weighted by Gasteiger charge is 2.14. The van der Waals surface area contributed by atoms with Crippen LogP contribution in [0.3, 0.4) is 0 Å². The van der Waals surface area contributed by atoms with Crippen molar-refractivity contribution in [1.82, 2.24) is 20.0 Å². The van der Waals surface area contributed by atoms with E-state index in [-0.39, 0.29) is 17.4 Å². The van der Waals surface area contributed by atoms with Crippen LogP contribution in [0.4, 0.5) is 10.1 Å². The summed E-state index contributed by atoms with van der Waals surface area (Å²) < 4.78 is 14.7. The van der Waals surface area contributed by atoms with Crippen molar-refractivity contribution < 1.29 is 9.18 Å². The van der Waals surface area contributed by atoms with Crippen molar-refractivity contribution in [2.45, 2.75) is 27.3 Å². The summed E-state index contributed by atoms with van der Waals surface area (Å²) in [6.07, 6.45) is 1.53. The SMILES string of the molecule is Cc1cc(C)c(NC(=O)c2cn(Cc3cccc(F)c3)nn2)c(C)n1. The van der Waals surface area contributed by atoms with Crippen LogP contribution >= 0.6 is 0 Å². The van der Waals surface area contributed by atoms with Crippen LogP contribution < -0.4 is 5.32 Å². The Morgan fingerprint density at radius 1 is 1.24 bits per heavy atom. The number of rotatable bonds is 4. The summed E-state index contributed by atoms with van der Waals surface area (Å²) in [5.41, 5.74) is 4.19. The van der Waals surface area contributed by atoms with Crippen molar-refractivity contribution >= 4 is 11.6 Å². The Morgan fingerprint density at radius 2 is 2.04 bits per heavy atom. The fraction of sp³-hybridized carbons (Fsp3) is 0.222. The van der Waals surface area contributed by atoms with Gasteiger partial charge in [-0.2, -0.15) is 0 Å². The number of carbonyl (C=O) groups is 1. The third-order valence-corrected chi connectivity index (χ3v) is 3.77. The van der Waals surface area contributed by atoms with E-state index in [1.807, 2.05) is 26.8 Å². The number of pyridine rings is 1. The Hall–Kier alpha value is -3.09. The van der Waals surface area contributed by atoms with Gasteiger partial charge >= 0.3 is 0 Å². The summed E-state index contributed by atoms with van der Waals surface area (Å²) in [4.78, 5) is 16.8. The molecule has 0 radical (unpaired) electrons. The predicted octanol–water partition coefficient (Wildman–Crippen LogP) is 3.04. The smallest absolute Gasteiger partial charge is 0.277 e. The number of hydrogen-bond acceptors (Lipinski definition) is 4. The van der Waals surface area contributed by atoms with Crippen LogP contribution in [-0.2, 0) is 6.54 Å². The van der Waals surface area contributed by atoms with Crippen LogP contribution in [0.1, 0.15) is 33.0 Å². The zero-order chi connectivity index (χ0) is 18.0. The Bertz CT molecular complexity index is 912. The molecule has 0 spiro atoms. The van der Waals surface area contributed by atoms with E-state index in [2.05, 4.69) is 20.6 Å². The maximum atomic E-state index is 13.2. The molecule has 25 heavy (non-hydrogen) atoms. The zero-order valence-electron chi connectivity index (χ0n) is 14.2. The molecule has 3 aromatic rings. The molecule has 2 aromatic heterocycles. The van der Waals surface area contributed by atoms with E-state index in [0.717, 1.165) is 22.5 Å². The largest absolute Gasteiger partial charge is 0.319 e. The number of anilines is 1. The van der Waals surface area contributed by atoms with Crippen LogP contribution in [0.5, 0.6) is 0 Å². The van der Waals surface area contributed by atoms with Crippen molar-refractivity contribution in [1.29, 1.82) is 0 Å². The number of amides is 1. The van der Waals surface area contributed by atoms with Gasteiger partial charge < -0.3 is 5.32 Å². The number of nitrogens with zero attached hydrogens (tertiary/aromatic N) is 4. The molecule has 1 aromatic carbocycles. The maximum Gasteiger partial charge on any atom is 0.277 e. The van der Waals surface area contributed by atoms with E-state index >= 15 is 0 Å². The molecule has 0 unspecified atom stereocenters. The molecular formula is C18H18FN5O. The quantitative estimate of drug-likeness (QED) is 0.793. The van der Waals surface area contributed by atoms with Crippen LogP contribution in [0, 0.1) is 26.6 Å². The van der Waals surface area contributed by atoms with E-state index in [1.54, 1.807) is 12.1 Å². The number of halogens is 1. The van der Waals surface area contributed by atoms with Gasteiger partial charge in [0.05, 0.1) is 24.1 Å². The van der Waals surface area contributed by atoms with Gasteiger partial charge in [0.2, 0.25) is 0 Å². The van der Waals surface area contributed by atoms with Gasteiger partial charge in [-0.1, -0.05) is 17.3 Å². The van der Waals surface area contributed by atoms with E-state index in [1.165, 1.54) is 23.0 Å². The van der Waals surface area contributed by atoms with Gasteiger partial charge in [-0.25, -0.2) is 9.07 Å². The second-order valence-corrected chi connectivity index (χ2v) is 5.93. The normalized spacial score (nSPS) is 10.7. The summed E-state index contributed by atoms with van der Waals surface area (Å²) in [5, 5.41) is 10.7. The Kier molecular flexibility index (Phi) is 4.56. The fourth-order valence-electron chi connectivity index (χ4n) is 2.69. The van der Waals surface area contributed by atoms with Gasteiger partial charge in [0.1, 0.15) is 5.82 Å². The lowest BCUT2D eigenvalue weighted by Gasteiger charge is -2.10. The van der Waals surface area contributed by atoms with E-state index in [0.29, 0.717) is 12.2 Å². The fourth-order valence-corrected chi connectivity index (χ4v) is 2.69. The van der Waals surface area contributed by atoms with Crippen LogP contribution in [0.2, 0.25) is 0 Å². The molecule has 6 nitrogen and oxygen atoms in total. The molecule has 7 heteroatoms. The van der Waals surface area contributed by atoms with Crippen LogP contribution in [-0.4, -0.2) is 25.9 Å². The zero-order valence-corrected chi connectivity index (χ0v) is 14.2. The highest BCUT2D eigenvalue weighted by atomic mass is 19.1. The van der Waals surface area contributed by atoms with Crippen LogP contribution in [0.25, 0.3) is 0 Å². The molecule has 2 heterocycles. The number of carbonyl (C=O) groups excluding carboxylic acids is 1. The van der Waals surface area contributed by atoms with E-state index < -0.39 is 0 Å². The van der Waals surface area contributed by atoms with Crippen LogP contribution in [0.15, 0.2) is 36.5 Å². The summed E-state index contributed by atoms with van der Waals surface area (Å²) in [7, 11) is 0. The Balaban J connectivity index is 1.75. The van der Waals surface area contributed by atoms with Gasteiger partial charge in [0.25, 0.3) is 5.91 Å². The molecule has 0 saturated heterocycles. The molecule has 0 saturated carbocycles. The minimum atomic E-state index is -0.359. The summed E-state index contributed by atoms with van der Waals surface area (Å²) in [6.45, 7) is 6.00. The Labute approximate surface area is 144 Å². The standard InChI is InChI=1S/C18H18FN5O/c1-11-7-12(2)20-13(3)17(11)21-18(25)16-10-24(23-22-16)9-14-5-4-6-15(19)8-14/h4-8,10H,9H2,1-3H3,(H,21,25). The lowest BCUT2D eigenvalue weighted by Crippen LogP contribution is -2.15. The Morgan fingerprint density at radius 3 is 2.76 bits per heavy atom. The lowest BCUT2D eigenvalue weighted by atomic mass is 10.1. The van der Waals surface area contributed by atoms with Crippen molar-refractivity contribution in [3.8, 4) is 0 Å². The van der Waals surface area contributed by atoms with Gasteiger partial charge in [-0.05, 0) is 50.1 Å². The number of aryl methyl sites for hydroxylation is 3. The third kappa shape index (κ3) is 3.88. The first-order valence-electron chi connectivity index (χ1n) is 7.83. The second-order valence-electron chi connectivity index (χ2n) is 5.93. The highest BCUT2D eigenvalue weighted by molar-refractivity contribution is 6.03. The monoisotopic (exact) mass is 339 g/mol. The lowest BCUT2D eigenvalue weighted by molar-refractivity contribution is 0.102. The molecule has 0 aliphatic rings. The van der Waals surface area contributed by atoms with Crippen molar-refractivity contribution in [3.63, 3.8) is 0 Å². The average molecular weight is 339 g/mol. The summed E-state index contributed by atoms with van der Waals surface area (Å²) >= 11 is 0. The number of nitrogens with one attached hydrogen (secondary N) is 1. The molecule has 0 atom stereocenters. The van der Waals surface area contributed by atoms with E-state index in [9.17, 15) is 9.18 Å². The molecule has 1 N–H and O–H groups in total. The molecule has 0 aliphatic carbocycles. The third-order valence-electron chi connectivity index (χ3n) is 3.77. The van der Waals surface area contributed by atoms with Crippen molar-refractivity contribution in [3.05, 3.63) is 70.6 Å². The van der Waals surface area contributed by atoms with Gasteiger partial charge in [-0.3, -0.25) is 9.78 Å². The maximum absolute atomic E-state index is 13.2. The molecule has 128 valence electrons. The average Bonchev–Trinajstić information content (AvgIpc) is 2.99. The molecule has 1 amide bonds. The first kappa shape index (κ1) is 16.8. The number of benzene rings is 1. The molecule has 0 aliphatic heterocycles. The molecule has 0 bridgehead atoms. The van der Waals surface area contributed by atoms with Crippen molar-refractivity contribution in [2.24, 2.45) is 0 Å². The highest BCUT2D eigenvalue weighted by Crippen LogP contribution is 2.19. The number of hydrogen-bond donors (Lipinski definition) is 1. The summed E-state index contributed by atoms with van der Waals surface area (Å²) in [5.74, 6) is -0.671.